The fourth-order valence-corrected chi connectivity index (χ4v) is 3.92. The van der Waals surface area contributed by atoms with Crippen LogP contribution in [-0.2, 0) is 31.9 Å². The average molecular weight is 494 g/mol. The van der Waals surface area contributed by atoms with E-state index in [0.29, 0.717) is 45.6 Å². The van der Waals surface area contributed by atoms with Gasteiger partial charge < -0.3 is 25.0 Å². The number of nitrogens with zero attached hydrogens (tertiary/aromatic N) is 1. The number of hydrogen-bond donors (Lipinski definition) is 2. The van der Waals surface area contributed by atoms with Gasteiger partial charge in [0.2, 0.25) is 5.91 Å². The summed E-state index contributed by atoms with van der Waals surface area (Å²) >= 11 is 0. The zero-order valence-electron chi connectivity index (χ0n) is 20.7. The highest BCUT2D eigenvalue weighted by Gasteiger charge is 2.26. The number of carbonyl (C=O) groups is 3. The van der Waals surface area contributed by atoms with Crippen molar-refractivity contribution in [2.24, 2.45) is 0 Å². The Morgan fingerprint density at radius 3 is 2.25 bits per heavy atom. The van der Waals surface area contributed by atoms with E-state index >= 15 is 0 Å². The topological polar surface area (TPSA) is 97.0 Å². The Morgan fingerprint density at radius 2 is 1.61 bits per heavy atom. The predicted molar refractivity (Wildman–Crippen MR) is 137 cm³/mol. The van der Waals surface area contributed by atoms with E-state index in [2.05, 4.69) is 10.6 Å². The summed E-state index contributed by atoms with van der Waals surface area (Å²) in [4.78, 5) is 39.9. The van der Waals surface area contributed by atoms with Gasteiger partial charge in [-0.25, -0.2) is 9.59 Å². The minimum absolute atomic E-state index is 0.275. The summed E-state index contributed by atoms with van der Waals surface area (Å²) in [5.74, 6) is -0.773. The molecular weight excluding hydrogens is 458 g/mol. The molecule has 0 aliphatic carbocycles. The van der Waals surface area contributed by atoms with Gasteiger partial charge in [0.1, 0.15) is 6.04 Å². The van der Waals surface area contributed by atoms with Crippen LogP contribution in [0.15, 0.2) is 72.8 Å². The lowest BCUT2D eigenvalue weighted by Crippen LogP contribution is -2.55. The van der Waals surface area contributed by atoms with Crippen molar-refractivity contribution < 1.29 is 23.9 Å². The van der Waals surface area contributed by atoms with E-state index in [0.717, 1.165) is 11.1 Å². The van der Waals surface area contributed by atoms with Crippen LogP contribution in [0, 0.1) is 0 Å². The molecule has 2 aromatic rings. The molecule has 2 N–H and O–H groups in total. The summed E-state index contributed by atoms with van der Waals surface area (Å²) in [6.07, 6.45) is 4.64. The fourth-order valence-electron chi connectivity index (χ4n) is 3.92. The molecule has 8 nitrogen and oxygen atoms in total. The van der Waals surface area contributed by atoms with Crippen molar-refractivity contribution in [3.05, 3.63) is 83.9 Å². The maximum Gasteiger partial charge on any atom is 0.330 e. The molecule has 1 heterocycles. The zero-order chi connectivity index (χ0) is 25.6. The first-order valence-corrected chi connectivity index (χ1v) is 12.4. The Balaban J connectivity index is 1.72. The van der Waals surface area contributed by atoms with Crippen LogP contribution in [0.2, 0.25) is 0 Å². The number of ether oxygens (including phenoxy) is 2. The molecule has 2 atom stereocenters. The van der Waals surface area contributed by atoms with Crippen molar-refractivity contribution in [2.45, 2.75) is 38.3 Å². The Hall–Kier alpha value is -3.65. The van der Waals surface area contributed by atoms with Crippen molar-refractivity contribution in [1.29, 1.82) is 0 Å². The first-order valence-electron chi connectivity index (χ1n) is 12.4. The molecule has 0 bridgehead atoms. The van der Waals surface area contributed by atoms with E-state index in [1.165, 1.54) is 6.08 Å². The monoisotopic (exact) mass is 493 g/mol. The van der Waals surface area contributed by atoms with Crippen LogP contribution in [-0.4, -0.2) is 67.8 Å². The van der Waals surface area contributed by atoms with Gasteiger partial charge >= 0.3 is 12.0 Å². The fraction of sp³-hybridized carbons (Fsp3) is 0.393. The van der Waals surface area contributed by atoms with Gasteiger partial charge in [-0.05, 0) is 30.9 Å². The molecule has 3 rings (SSSR count). The molecule has 0 unspecified atom stereocenters. The number of benzene rings is 2. The van der Waals surface area contributed by atoms with Crippen LogP contribution >= 0.6 is 0 Å². The maximum atomic E-state index is 13.4. The third-order valence-electron chi connectivity index (χ3n) is 5.86. The lowest BCUT2D eigenvalue weighted by Gasteiger charge is -2.29. The average Bonchev–Trinajstić information content (AvgIpc) is 2.91. The van der Waals surface area contributed by atoms with Gasteiger partial charge in [0.15, 0.2) is 0 Å². The molecule has 1 fully saturated rings. The normalized spacial score (nSPS) is 15.2. The second kappa shape index (κ2) is 14.7. The number of morpholine rings is 1. The van der Waals surface area contributed by atoms with Gasteiger partial charge in [-0.2, -0.15) is 0 Å². The highest BCUT2D eigenvalue weighted by atomic mass is 16.5. The van der Waals surface area contributed by atoms with Gasteiger partial charge in [-0.15, -0.1) is 0 Å². The van der Waals surface area contributed by atoms with Crippen molar-refractivity contribution in [3.8, 4) is 0 Å². The largest absolute Gasteiger partial charge is 0.463 e. The zero-order valence-corrected chi connectivity index (χ0v) is 20.7. The van der Waals surface area contributed by atoms with Gasteiger partial charge in [0, 0.05) is 31.6 Å². The Labute approximate surface area is 212 Å². The quantitative estimate of drug-likeness (QED) is 0.371. The summed E-state index contributed by atoms with van der Waals surface area (Å²) in [6, 6.07) is 18.0. The third kappa shape index (κ3) is 9.19. The third-order valence-corrected chi connectivity index (χ3v) is 5.86. The molecule has 1 aliphatic heterocycles. The van der Waals surface area contributed by atoms with E-state index in [-0.39, 0.29) is 18.5 Å². The summed E-state index contributed by atoms with van der Waals surface area (Å²) in [5, 5.41) is 5.92. The number of rotatable bonds is 11. The van der Waals surface area contributed by atoms with Gasteiger partial charge in [0.05, 0.1) is 19.8 Å². The van der Waals surface area contributed by atoms with Crippen LogP contribution < -0.4 is 10.6 Å². The van der Waals surface area contributed by atoms with Crippen molar-refractivity contribution in [3.63, 3.8) is 0 Å². The van der Waals surface area contributed by atoms with Gasteiger partial charge in [-0.3, -0.25) is 4.79 Å². The van der Waals surface area contributed by atoms with Crippen molar-refractivity contribution in [1.82, 2.24) is 15.5 Å². The van der Waals surface area contributed by atoms with Crippen LogP contribution in [0.3, 0.4) is 0 Å². The number of aryl methyl sites for hydroxylation is 1. The lowest BCUT2D eigenvalue weighted by atomic mass is 10.0. The summed E-state index contributed by atoms with van der Waals surface area (Å²) < 4.78 is 10.3. The number of hydrogen-bond acceptors (Lipinski definition) is 5. The number of amides is 3. The molecule has 192 valence electrons. The molecule has 1 aliphatic rings. The second-order valence-electron chi connectivity index (χ2n) is 8.54. The molecule has 0 spiro atoms. The molecule has 3 amide bonds. The molecule has 0 aromatic heterocycles. The molecule has 2 aromatic carbocycles. The second-order valence-corrected chi connectivity index (χ2v) is 8.54. The molecule has 0 saturated carbocycles. The van der Waals surface area contributed by atoms with Gasteiger partial charge in [0.25, 0.3) is 0 Å². The molecule has 8 heteroatoms. The molecule has 36 heavy (non-hydrogen) atoms. The minimum atomic E-state index is -0.780. The number of nitrogens with one attached hydrogen (secondary N) is 2. The Morgan fingerprint density at radius 1 is 0.972 bits per heavy atom. The Kier molecular flexibility index (Phi) is 11.0. The molecule has 1 saturated heterocycles. The highest BCUT2D eigenvalue weighted by Crippen LogP contribution is 2.09. The van der Waals surface area contributed by atoms with E-state index in [9.17, 15) is 14.4 Å². The van der Waals surface area contributed by atoms with E-state index in [1.807, 2.05) is 60.7 Å². The first kappa shape index (κ1) is 26.9. The van der Waals surface area contributed by atoms with Crippen LogP contribution in [0.4, 0.5) is 4.79 Å². The maximum absolute atomic E-state index is 13.4. The minimum Gasteiger partial charge on any atom is -0.463 e. The van der Waals surface area contributed by atoms with E-state index < -0.39 is 18.1 Å². The first-order chi connectivity index (χ1) is 17.5. The van der Waals surface area contributed by atoms with Crippen LogP contribution in [0.5, 0.6) is 0 Å². The number of esters is 1. The predicted octanol–water partition coefficient (Wildman–Crippen LogP) is 2.88. The Bertz CT molecular complexity index is 991. The SMILES string of the molecule is CCOC(=O)C=C[C@H](CCc1ccccc1)NC(=O)[C@H](Cc1ccccc1)NC(=O)N1CCOCC1. The molecule has 0 radical (unpaired) electrons. The standard InChI is InChI=1S/C28H35N3O5/c1-2-36-26(32)16-15-24(14-13-22-9-5-3-6-10-22)29-27(33)25(21-23-11-7-4-8-12-23)30-28(34)31-17-19-35-20-18-31/h3-12,15-16,24-25H,2,13-14,17-21H2,1H3,(H,29,33)(H,30,34)/t24-,25-/m0/s1. The summed E-state index contributed by atoms with van der Waals surface area (Å²) in [5.41, 5.74) is 2.06. The number of carbonyl (C=O) groups excluding carboxylic acids is 3. The van der Waals surface area contributed by atoms with Gasteiger partial charge in [-0.1, -0.05) is 66.7 Å². The smallest absolute Gasteiger partial charge is 0.330 e. The van der Waals surface area contributed by atoms with Crippen molar-refractivity contribution in [2.75, 3.05) is 32.9 Å². The number of urea groups is 1. The lowest BCUT2D eigenvalue weighted by molar-refractivity contribution is -0.137. The molecular formula is C28H35N3O5. The summed E-state index contributed by atoms with van der Waals surface area (Å²) in [6.45, 7) is 3.93. The van der Waals surface area contributed by atoms with Crippen LogP contribution in [0.1, 0.15) is 24.5 Å². The van der Waals surface area contributed by atoms with Crippen molar-refractivity contribution >= 4 is 17.9 Å². The summed E-state index contributed by atoms with van der Waals surface area (Å²) in [7, 11) is 0. The van der Waals surface area contributed by atoms with Crippen LogP contribution in [0.25, 0.3) is 0 Å². The van der Waals surface area contributed by atoms with E-state index in [1.54, 1.807) is 17.9 Å². The highest BCUT2D eigenvalue weighted by molar-refractivity contribution is 5.88. The van der Waals surface area contributed by atoms with E-state index in [4.69, 9.17) is 9.47 Å².